The second kappa shape index (κ2) is 5.58. The number of aryl methyl sites for hydroxylation is 1. The van der Waals surface area contributed by atoms with Gasteiger partial charge < -0.3 is 5.73 Å². The van der Waals surface area contributed by atoms with Crippen molar-refractivity contribution < 1.29 is 21.6 Å². The average Bonchev–Trinajstić information content (AvgIpc) is 2.86. The van der Waals surface area contributed by atoms with Gasteiger partial charge in [-0.05, 0) is 43.5 Å². The highest BCUT2D eigenvalue weighted by Crippen LogP contribution is 2.33. The predicted molar refractivity (Wildman–Crippen MR) is 72.1 cm³/mol. The van der Waals surface area contributed by atoms with Gasteiger partial charge in [0.05, 0.1) is 10.5 Å². The molecule has 1 saturated heterocycles. The normalized spacial score (nSPS) is 20.9. The maximum atomic E-state index is 12.6. The molecule has 8 heteroatoms. The molecule has 1 aliphatic rings. The van der Waals surface area contributed by atoms with Gasteiger partial charge in [-0.3, -0.25) is 0 Å². The minimum absolute atomic E-state index is 0.0872. The summed E-state index contributed by atoms with van der Waals surface area (Å²) in [5.41, 5.74) is 4.80. The molecule has 1 aliphatic heterocycles. The molecule has 0 amide bonds. The van der Waals surface area contributed by atoms with E-state index < -0.39 is 21.8 Å². The van der Waals surface area contributed by atoms with Crippen molar-refractivity contribution in [1.82, 2.24) is 4.31 Å². The van der Waals surface area contributed by atoms with E-state index in [1.165, 1.54) is 11.2 Å². The molecule has 0 radical (unpaired) electrons. The van der Waals surface area contributed by atoms with Crippen molar-refractivity contribution in [3.63, 3.8) is 0 Å². The molecule has 0 aliphatic carbocycles. The van der Waals surface area contributed by atoms with Crippen LogP contribution in [0.5, 0.6) is 0 Å². The second-order valence-corrected chi connectivity index (χ2v) is 6.98. The lowest BCUT2D eigenvalue weighted by Gasteiger charge is -2.24. The first-order valence-corrected chi connectivity index (χ1v) is 8.01. The fourth-order valence-corrected chi connectivity index (χ4v) is 4.51. The third-order valence-corrected chi connectivity index (χ3v) is 5.80. The summed E-state index contributed by atoms with van der Waals surface area (Å²) in [6.07, 6.45) is -3.10. The maximum Gasteiger partial charge on any atom is 0.416 e. The predicted octanol–water partition coefficient (Wildman–Crippen LogP) is 2.13. The van der Waals surface area contributed by atoms with Gasteiger partial charge >= 0.3 is 6.18 Å². The van der Waals surface area contributed by atoms with Crippen molar-refractivity contribution in [3.05, 3.63) is 29.3 Å². The number of rotatable bonds is 3. The summed E-state index contributed by atoms with van der Waals surface area (Å²) in [7, 11) is -3.81. The molecular weight excluding hydrogens is 305 g/mol. The van der Waals surface area contributed by atoms with Crippen LogP contribution in [0.2, 0.25) is 0 Å². The van der Waals surface area contributed by atoms with Crippen LogP contribution in [0.25, 0.3) is 0 Å². The topological polar surface area (TPSA) is 63.4 Å². The van der Waals surface area contributed by atoms with E-state index in [1.807, 2.05) is 0 Å². The van der Waals surface area contributed by atoms with E-state index in [1.54, 1.807) is 0 Å². The summed E-state index contributed by atoms with van der Waals surface area (Å²) in [5, 5.41) is 0. The Morgan fingerprint density at radius 2 is 2.05 bits per heavy atom. The van der Waals surface area contributed by atoms with Crippen LogP contribution in [0.1, 0.15) is 24.0 Å². The fraction of sp³-hybridized carbons (Fsp3) is 0.538. The molecular formula is C13H17F3N2O2S. The quantitative estimate of drug-likeness (QED) is 0.927. The average molecular weight is 322 g/mol. The number of benzene rings is 1. The monoisotopic (exact) mass is 322 g/mol. The lowest BCUT2D eigenvalue weighted by molar-refractivity contribution is -0.137. The third kappa shape index (κ3) is 3.07. The zero-order valence-electron chi connectivity index (χ0n) is 11.5. The number of sulfonamides is 1. The molecule has 1 unspecified atom stereocenters. The van der Waals surface area contributed by atoms with E-state index in [4.69, 9.17) is 5.73 Å². The van der Waals surface area contributed by atoms with Crippen LogP contribution in [0.3, 0.4) is 0 Å². The molecule has 0 spiro atoms. The van der Waals surface area contributed by atoms with Crippen LogP contribution in [-0.2, 0) is 16.2 Å². The third-order valence-electron chi connectivity index (χ3n) is 3.68. The van der Waals surface area contributed by atoms with Crippen LogP contribution in [-0.4, -0.2) is 31.9 Å². The van der Waals surface area contributed by atoms with Crippen LogP contribution in [0, 0.1) is 6.92 Å². The first kappa shape index (κ1) is 16.3. The molecule has 0 saturated carbocycles. The van der Waals surface area contributed by atoms with Crippen LogP contribution >= 0.6 is 0 Å². The Morgan fingerprint density at radius 3 is 2.57 bits per heavy atom. The first-order valence-electron chi connectivity index (χ1n) is 6.57. The summed E-state index contributed by atoms with van der Waals surface area (Å²) in [6, 6.07) is 2.41. The maximum absolute atomic E-state index is 12.6. The number of nitrogens with zero attached hydrogens (tertiary/aromatic N) is 1. The van der Waals surface area contributed by atoms with Gasteiger partial charge in [0.25, 0.3) is 0 Å². The molecule has 1 fully saturated rings. The minimum Gasteiger partial charge on any atom is -0.329 e. The first-order chi connectivity index (χ1) is 9.67. The van der Waals surface area contributed by atoms with Crippen LogP contribution in [0.15, 0.2) is 23.1 Å². The van der Waals surface area contributed by atoms with Gasteiger partial charge in [0, 0.05) is 19.1 Å². The Bertz CT molecular complexity index is 629. The van der Waals surface area contributed by atoms with Gasteiger partial charge in [0.15, 0.2) is 0 Å². The van der Waals surface area contributed by atoms with E-state index in [0.717, 1.165) is 18.2 Å². The molecule has 2 rings (SSSR count). The minimum atomic E-state index is -4.49. The van der Waals surface area contributed by atoms with Gasteiger partial charge in [-0.25, -0.2) is 8.42 Å². The van der Waals surface area contributed by atoms with Gasteiger partial charge in [-0.15, -0.1) is 0 Å². The van der Waals surface area contributed by atoms with Crippen molar-refractivity contribution in [2.75, 3.05) is 13.1 Å². The molecule has 0 aromatic heterocycles. The van der Waals surface area contributed by atoms with E-state index in [0.29, 0.717) is 19.4 Å². The highest BCUT2D eigenvalue weighted by molar-refractivity contribution is 7.89. The number of nitrogens with two attached hydrogens (primary N) is 1. The largest absolute Gasteiger partial charge is 0.416 e. The molecule has 1 heterocycles. The fourth-order valence-electron chi connectivity index (χ4n) is 2.60. The lowest BCUT2D eigenvalue weighted by atomic mass is 10.1. The van der Waals surface area contributed by atoms with Gasteiger partial charge in [0.1, 0.15) is 0 Å². The van der Waals surface area contributed by atoms with Crippen LogP contribution < -0.4 is 5.73 Å². The SMILES string of the molecule is Cc1cc(C(F)(F)F)ccc1S(=O)(=O)N1CCCC1CN. The number of halogens is 3. The van der Waals surface area contributed by atoms with Crippen molar-refractivity contribution in [2.24, 2.45) is 5.73 Å². The van der Waals surface area contributed by atoms with Gasteiger partial charge in [0.2, 0.25) is 10.0 Å². The van der Waals surface area contributed by atoms with Crippen molar-refractivity contribution in [1.29, 1.82) is 0 Å². The molecule has 118 valence electrons. The highest BCUT2D eigenvalue weighted by Gasteiger charge is 2.36. The number of hydrogen-bond acceptors (Lipinski definition) is 3. The molecule has 1 aromatic carbocycles. The number of hydrogen-bond donors (Lipinski definition) is 1. The lowest BCUT2D eigenvalue weighted by Crippen LogP contribution is -2.40. The Labute approximate surface area is 121 Å². The summed E-state index contributed by atoms with van der Waals surface area (Å²) in [6.45, 7) is 1.93. The summed E-state index contributed by atoms with van der Waals surface area (Å²) in [5.74, 6) is 0. The number of alkyl halides is 3. The van der Waals surface area contributed by atoms with Gasteiger partial charge in [-0.2, -0.15) is 17.5 Å². The Balaban J connectivity index is 2.42. The smallest absolute Gasteiger partial charge is 0.329 e. The molecule has 1 aromatic rings. The summed E-state index contributed by atoms with van der Waals surface area (Å²) >= 11 is 0. The van der Waals surface area contributed by atoms with E-state index in [2.05, 4.69) is 0 Å². The Hall–Kier alpha value is -1.12. The van der Waals surface area contributed by atoms with Gasteiger partial charge in [-0.1, -0.05) is 0 Å². The molecule has 21 heavy (non-hydrogen) atoms. The molecule has 1 atom stereocenters. The summed E-state index contributed by atoms with van der Waals surface area (Å²) in [4.78, 5) is -0.0872. The van der Waals surface area contributed by atoms with E-state index in [9.17, 15) is 21.6 Å². The van der Waals surface area contributed by atoms with Crippen molar-refractivity contribution in [2.45, 2.75) is 36.9 Å². The Morgan fingerprint density at radius 1 is 1.38 bits per heavy atom. The van der Waals surface area contributed by atoms with Crippen molar-refractivity contribution in [3.8, 4) is 0 Å². The standard InChI is InChI=1S/C13H17F3N2O2S/c1-9-7-10(13(14,15)16)4-5-12(9)21(19,20)18-6-2-3-11(18)8-17/h4-5,7,11H,2-3,6,8,17H2,1H3. The van der Waals surface area contributed by atoms with Crippen molar-refractivity contribution >= 4 is 10.0 Å². The zero-order valence-corrected chi connectivity index (χ0v) is 12.3. The summed E-state index contributed by atoms with van der Waals surface area (Å²) < 4.78 is 64.4. The van der Waals surface area contributed by atoms with Crippen LogP contribution in [0.4, 0.5) is 13.2 Å². The molecule has 2 N–H and O–H groups in total. The Kier molecular flexibility index (Phi) is 4.32. The second-order valence-electron chi connectivity index (χ2n) is 5.13. The van der Waals surface area contributed by atoms with E-state index >= 15 is 0 Å². The zero-order chi connectivity index (χ0) is 15.8. The molecule has 0 bridgehead atoms. The molecule has 4 nitrogen and oxygen atoms in total. The highest BCUT2D eigenvalue weighted by atomic mass is 32.2. The van der Waals surface area contributed by atoms with E-state index in [-0.39, 0.29) is 23.0 Å².